The number of allylic oxidation sites excluding steroid dienone is 1. The van der Waals surface area contributed by atoms with Crippen LogP contribution in [0.5, 0.6) is 0 Å². The van der Waals surface area contributed by atoms with Gasteiger partial charge in [-0.25, -0.2) is 0 Å². The van der Waals surface area contributed by atoms with Crippen LogP contribution < -0.4 is 22.9 Å². The molecule has 0 saturated carbocycles. The summed E-state index contributed by atoms with van der Waals surface area (Å²) in [6.45, 7) is 2.27. The van der Waals surface area contributed by atoms with Gasteiger partial charge < -0.3 is 22.9 Å². The molecule has 0 aliphatic rings. The lowest BCUT2D eigenvalue weighted by atomic mass is 10.6. The molecule has 0 fully saturated rings. The molecule has 0 rings (SSSR count). The van der Waals surface area contributed by atoms with E-state index in [9.17, 15) is 0 Å². The molecular formula is C6H16N4. The van der Waals surface area contributed by atoms with E-state index in [1.807, 2.05) is 0 Å². The maximum Gasteiger partial charge on any atom is 0.0206 e. The second-order valence-electron chi connectivity index (χ2n) is 1.57. The first-order valence-corrected chi connectivity index (χ1v) is 2.89. The van der Waals surface area contributed by atoms with Crippen LogP contribution in [0.1, 0.15) is 6.92 Å². The van der Waals surface area contributed by atoms with Gasteiger partial charge in [0.2, 0.25) is 0 Å². The largest absolute Gasteiger partial charge is 0.405 e. The molecule has 0 atom stereocenters. The van der Waals surface area contributed by atoms with E-state index >= 15 is 0 Å². The molecule has 0 aliphatic carbocycles. The quantitative estimate of drug-likeness (QED) is 0.386. The van der Waals surface area contributed by atoms with E-state index in [1.54, 1.807) is 13.0 Å². The van der Waals surface area contributed by atoms with Crippen LogP contribution in [0.2, 0.25) is 0 Å². The Labute approximate surface area is 61.6 Å². The van der Waals surface area contributed by atoms with Crippen LogP contribution in [-0.4, -0.2) is 6.54 Å². The van der Waals surface area contributed by atoms with Crippen molar-refractivity contribution in [3.8, 4) is 0 Å². The number of nitrogens with two attached hydrogens (primary N) is 4. The molecule has 0 amide bonds. The first kappa shape index (κ1) is 11.6. The molecule has 0 radical (unpaired) electrons. The first-order chi connectivity index (χ1) is 4.68. The second kappa shape index (κ2) is 10.8. The van der Waals surface area contributed by atoms with Crippen LogP contribution in [0.15, 0.2) is 24.2 Å². The van der Waals surface area contributed by atoms with Crippen molar-refractivity contribution in [1.29, 1.82) is 0 Å². The van der Waals surface area contributed by atoms with Crippen LogP contribution in [0.25, 0.3) is 0 Å². The Hall–Kier alpha value is -1.16. The molecule has 0 aromatic rings. The summed E-state index contributed by atoms with van der Waals surface area (Å²) in [6, 6.07) is 0. The van der Waals surface area contributed by atoms with Crippen molar-refractivity contribution in [2.45, 2.75) is 6.92 Å². The average molecular weight is 144 g/mol. The van der Waals surface area contributed by atoms with E-state index in [0.717, 1.165) is 0 Å². The number of rotatable bonds is 1. The van der Waals surface area contributed by atoms with Crippen molar-refractivity contribution in [2.24, 2.45) is 22.9 Å². The molecular weight excluding hydrogens is 128 g/mol. The number of hydrogen-bond acceptors (Lipinski definition) is 4. The van der Waals surface area contributed by atoms with Gasteiger partial charge >= 0.3 is 0 Å². The first-order valence-electron chi connectivity index (χ1n) is 2.89. The molecule has 0 saturated heterocycles. The fourth-order valence-corrected chi connectivity index (χ4v) is 0.0786. The highest BCUT2D eigenvalue weighted by molar-refractivity contribution is 4.85. The van der Waals surface area contributed by atoms with E-state index in [4.69, 9.17) is 22.9 Å². The van der Waals surface area contributed by atoms with E-state index < -0.39 is 0 Å². The fraction of sp³-hybridized carbons (Fsp3) is 0.333. The smallest absolute Gasteiger partial charge is 0.0206 e. The highest BCUT2D eigenvalue weighted by atomic mass is 14.6. The van der Waals surface area contributed by atoms with Gasteiger partial charge in [0.05, 0.1) is 0 Å². The van der Waals surface area contributed by atoms with E-state index in [0.29, 0.717) is 12.2 Å². The third kappa shape index (κ3) is 28.9. The van der Waals surface area contributed by atoms with Crippen LogP contribution in [0, 0.1) is 0 Å². The molecule has 10 heavy (non-hydrogen) atoms. The summed E-state index contributed by atoms with van der Waals surface area (Å²) in [5, 5.41) is 0. The molecule has 0 heterocycles. The van der Waals surface area contributed by atoms with Crippen molar-refractivity contribution >= 4 is 0 Å². The molecule has 4 heteroatoms. The lowest BCUT2D eigenvalue weighted by molar-refractivity contribution is 1.24. The van der Waals surface area contributed by atoms with Crippen LogP contribution in [-0.2, 0) is 0 Å². The van der Waals surface area contributed by atoms with E-state index in [1.165, 1.54) is 12.4 Å². The SMILES string of the molecule is CC(N)=CN.NC=CCN. The molecule has 4 nitrogen and oxygen atoms in total. The molecule has 0 bridgehead atoms. The highest BCUT2D eigenvalue weighted by Gasteiger charge is 1.60. The minimum atomic E-state index is 0.538. The van der Waals surface area contributed by atoms with Crippen molar-refractivity contribution in [1.82, 2.24) is 0 Å². The Morgan fingerprint density at radius 3 is 1.80 bits per heavy atom. The van der Waals surface area contributed by atoms with Crippen molar-refractivity contribution < 1.29 is 0 Å². The zero-order chi connectivity index (χ0) is 8.41. The summed E-state index contributed by atoms with van der Waals surface area (Å²) >= 11 is 0. The topological polar surface area (TPSA) is 104 Å². The third-order valence-corrected chi connectivity index (χ3v) is 0.535. The van der Waals surface area contributed by atoms with E-state index in [-0.39, 0.29) is 0 Å². The Morgan fingerprint density at radius 1 is 1.40 bits per heavy atom. The molecule has 0 aromatic carbocycles. The Kier molecular flexibility index (Phi) is 12.5. The van der Waals surface area contributed by atoms with Crippen molar-refractivity contribution in [2.75, 3.05) is 6.54 Å². The van der Waals surface area contributed by atoms with Gasteiger partial charge in [0.1, 0.15) is 0 Å². The zero-order valence-corrected chi connectivity index (χ0v) is 6.25. The fourth-order valence-electron chi connectivity index (χ4n) is 0.0786. The van der Waals surface area contributed by atoms with Crippen LogP contribution in [0.3, 0.4) is 0 Å². The molecule has 8 N–H and O–H groups in total. The summed E-state index contributed by atoms with van der Waals surface area (Å²) in [5.41, 5.74) is 20.4. The average Bonchev–Trinajstić information content (AvgIpc) is 1.91. The van der Waals surface area contributed by atoms with Gasteiger partial charge in [0.15, 0.2) is 0 Å². The Morgan fingerprint density at radius 2 is 1.80 bits per heavy atom. The van der Waals surface area contributed by atoms with Gasteiger partial charge in [-0.2, -0.15) is 0 Å². The lowest BCUT2D eigenvalue weighted by Crippen LogP contribution is -1.93. The summed E-state index contributed by atoms with van der Waals surface area (Å²) in [7, 11) is 0. The van der Waals surface area contributed by atoms with Crippen molar-refractivity contribution in [3.63, 3.8) is 0 Å². The van der Waals surface area contributed by atoms with Gasteiger partial charge in [0, 0.05) is 18.4 Å². The van der Waals surface area contributed by atoms with Crippen LogP contribution in [0.4, 0.5) is 0 Å². The summed E-state index contributed by atoms with van der Waals surface area (Å²) in [4.78, 5) is 0. The van der Waals surface area contributed by atoms with Gasteiger partial charge in [-0.3, -0.25) is 0 Å². The predicted octanol–water partition coefficient (Wildman–Crippen LogP) is -0.817. The lowest BCUT2D eigenvalue weighted by Gasteiger charge is -1.76. The van der Waals surface area contributed by atoms with Gasteiger partial charge in [0.25, 0.3) is 0 Å². The molecule has 0 unspecified atom stereocenters. The zero-order valence-electron chi connectivity index (χ0n) is 6.25. The van der Waals surface area contributed by atoms with Crippen molar-refractivity contribution in [3.05, 3.63) is 24.2 Å². The van der Waals surface area contributed by atoms with Gasteiger partial charge in [-0.1, -0.05) is 6.08 Å². The second-order valence-corrected chi connectivity index (χ2v) is 1.57. The maximum absolute atomic E-state index is 5.03. The highest BCUT2D eigenvalue weighted by Crippen LogP contribution is 1.65. The number of hydrogen-bond donors (Lipinski definition) is 4. The van der Waals surface area contributed by atoms with Crippen LogP contribution >= 0.6 is 0 Å². The maximum atomic E-state index is 5.03. The monoisotopic (exact) mass is 144 g/mol. The normalized spacial score (nSPS) is 10.8. The summed E-state index contributed by atoms with van der Waals surface area (Å²) < 4.78 is 0. The molecule has 0 spiro atoms. The standard InChI is InChI=1S/2C3H8N2/c1-3(5)2-4;4-2-1-3-5/h2H,4-5H2,1H3;1-2H,3-5H2. The van der Waals surface area contributed by atoms with Gasteiger partial charge in [-0.05, 0) is 13.1 Å². The molecule has 0 aliphatic heterocycles. The Bertz CT molecular complexity index is 102. The third-order valence-electron chi connectivity index (χ3n) is 0.535. The Balaban J connectivity index is 0. The van der Waals surface area contributed by atoms with E-state index in [2.05, 4.69) is 0 Å². The minimum Gasteiger partial charge on any atom is -0.405 e. The summed E-state index contributed by atoms with van der Waals surface area (Å²) in [6.07, 6.45) is 4.47. The molecule has 60 valence electrons. The van der Waals surface area contributed by atoms with Gasteiger partial charge in [-0.15, -0.1) is 0 Å². The predicted molar refractivity (Wildman–Crippen MR) is 44.5 cm³/mol. The molecule has 0 aromatic heterocycles. The minimum absolute atomic E-state index is 0.538. The summed E-state index contributed by atoms with van der Waals surface area (Å²) in [5.74, 6) is 0.